The molecule has 0 aliphatic carbocycles. The number of nitriles is 1. The molecular formula is C13H15ClN2. The van der Waals surface area contributed by atoms with Crippen LogP contribution in [0, 0.1) is 11.3 Å². The molecule has 0 N–H and O–H groups in total. The Morgan fingerprint density at radius 2 is 1.94 bits per heavy atom. The summed E-state index contributed by atoms with van der Waals surface area (Å²) < 4.78 is 0. The second kappa shape index (κ2) is 5.34. The largest absolute Gasteiger partial charge is 0.299 e. The first-order valence-corrected chi connectivity index (χ1v) is 6.07. The Hall–Kier alpha value is -1.04. The quantitative estimate of drug-likeness (QED) is 0.786. The maximum atomic E-state index is 8.87. The third kappa shape index (κ3) is 2.98. The van der Waals surface area contributed by atoms with Gasteiger partial charge in [0.1, 0.15) is 0 Å². The third-order valence-corrected chi connectivity index (χ3v) is 3.16. The van der Waals surface area contributed by atoms with Crippen LogP contribution in [0.4, 0.5) is 0 Å². The lowest BCUT2D eigenvalue weighted by Crippen LogP contribution is -2.29. The van der Waals surface area contributed by atoms with Gasteiger partial charge in [0.2, 0.25) is 0 Å². The van der Waals surface area contributed by atoms with Crippen molar-refractivity contribution in [1.82, 2.24) is 4.90 Å². The zero-order chi connectivity index (χ0) is 11.4. The van der Waals surface area contributed by atoms with E-state index >= 15 is 0 Å². The standard InChI is InChI=1S/C13H15ClN2/c14-13-7-11(9-15)6-12(8-13)10-16-4-2-1-3-5-16/h6-8H,1-5,10H2. The van der Waals surface area contributed by atoms with E-state index in [0.717, 1.165) is 25.2 Å². The van der Waals surface area contributed by atoms with E-state index in [9.17, 15) is 0 Å². The highest BCUT2D eigenvalue weighted by atomic mass is 35.5. The van der Waals surface area contributed by atoms with Gasteiger partial charge in [-0.3, -0.25) is 4.90 Å². The van der Waals surface area contributed by atoms with Gasteiger partial charge < -0.3 is 0 Å². The van der Waals surface area contributed by atoms with Gasteiger partial charge in [-0.2, -0.15) is 5.26 Å². The van der Waals surface area contributed by atoms with Crippen LogP contribution in [0.25, 0.3) is 0 Å². The number of halogens is 1. The van der Waals surface area contributed by atoms with Gasteiger partial charge in [0.25, 0.3) is 0 Å². The Kier molecular flexibility index (Phi) is 3.82. The summed E-state index contributed by atoms with van der Waals surface area (Å²) >= 11 is 5.98. The van der Waals surface area contributed by atoms with Crippen LogP contribution in [0.15, 0.2) is 18.2 Å². The van der Waals surface area contributed by atoms with E-state index in [4.69, 9.17) is 16.9 Å². The lowest BCUT2D eigenvalue weighted by Gasteiger charge is -2.26. The van der Waals surface area contributed by atoms with Gasteiger partial charge in [-0.15, -0.1) is 0 Å². The van der Waals surface area contributed by atoms with Gasteiger partial charge in [-0.1, -0.05) is 18.0 Å². The van der Waals surface area contributed by atoms with Crippen LogP contribution in [0.1, 0.15) is 30.4 Å². The minimum atomic E-state index is 0.652. The monoisotopic (exact) mass is 234 g/mol. The molecule has 1 heterocycles. The topological polar surface area (TPSA) is 27.0 Å². The molecule has 3 heteroatoms. The summed E-state index contributed by atoms with van der Waals surface area (Å²) in [6, 6.07) is 7.74. The van der Waals surface area contributed by atoms with Gasteiger partial charge in [0, 0.05) is 11.6 Å². The predicted molar refractivity (Wildman–Crippen MR) is 65.3 cm³/mol. The molecule has 0 unspecified atom stereocenters. The highest BCUT2D eigenvalue weighted by Crippen LogP contribution is 2.18. The van der Waals surface area contributed by atoms with Crippen LogP contribution in [0.5, 0.6) is 0 Å². The smallest absolute Gasteiger partial charge is 0.0992 e. The molecule has 1 fully saturated rings. The van der Waals surface area contributed by atoms with Crippen molar-refractivity contribution in [2.75, 3.05) is 13.1 Å². The highest BCUT2D eigenvalue weighted by molar-refractivity contribution is 6.30. The van der Waals surface area contributed by atoms with E-state index in [0.29, 0.717) is 10.6 Å². The number of nitrogens with zero attached hydrogens (tertiary/aromatic N) is 2. The molecule has 2 rings (SSSR count). The fourth-order valence-electron chi connectivity index (χ4n) is 2.18. The number of likely N-dealkylation sites (tertiary alicyclic amines) is 1. The van der Waals surface area contributed by atoms with E-state index in [-0.39, 0.29) is 0 Å². The Morgan fingerprint density at radius 1 is 1.19 bits per heavy atom. The number of hydrogen-bond donors (Lipinski definition) is 0. The molecule has 1 aliphatic rings. The molecule has 2 nitrogen and oxygen atoms in total. The SMILES string of the molecule is N#Cc1cc(Cl)cc(CN2CCCCC2)c1. The maximum Gasteiger partial charge on any atom is 0.0992 e. The van der Waals surface area contributed by atoms with Gasteiger partial charge in [-0.25, -0.2) is 0 Å². The number of hydrogen-bond acceptors (Lipinski definition) is 2. The van der Waals surface area contributed by atoms with Gasteiger partial charge >= 0.3 is 0 Å². The zero-order valence-corrected chi connectivity index (χ0v) is 10.0. The van der Waals surface area contributed by atoms with E-state index in [2.05, 4.69) is 11.0 Å². The van der Waals surface area contributed by atoms with Crippen molar-refractivity contribution in [3.8, 4) is 6.07 Å². The van der Waals surface area contributed by atoms with Gasteiger partial charge in [-0.05, 0) is 49.7 Å². The summed E-state index contributed by atoms with van der Waals surface area (Å²) in [5.74, 6) is 0. The molecule has 0 saturated carbocycles. The summed E-state index contributed by atoms with van der Waals surface area (Å²) in [6.45, 7) is 3.23. The lowest BCUT2D eigenvalue weighted by molar-refractivity contribution is 0.221. The van der Waals surface area contributed by atoms with E-state index in [1.807, 2.05) is 12.1 Å². The molecule has 1 aromatic rings. The molecule has 0 radical (unpaired) electrons. The molecule has 0 amide bonds. The van der Waals surface area contributed by atoms with Crippen LogP contribution >= 0.6 is 11.6 Å². The fraction of sp³-hybridized carbons (Fsp3) is 0.462. The highest BCUT2D eigenvalue weighted by Gasteiger charge is 2.11. The molecule has 0 atom stereocenters. The maximum absolute atomic E-state index is 8.87. The summed E-state index contributed by atoms with van der Waals surface area (Å²) in [5.41, 5.74) is 1.80. The Bertz CT molecular complexity index is 403. The summed E-state index contributed by atoms with van der Waals surface area (Å²) in [4.78, 5) is 2.43. The Balaban J connectivity index is 2.08. The first kappa shape index (κ1) is 11.4. The second-order valence-corrected chi connectivity index (χ2v) is 4.73. The first-order valence-electron chi connectivity index (χ1n) is 5.70. The molecule has 1 aromatic carbocycles. The third-order valence-electron chi connectivity index (χ3n) is 2.94. The number of piperidine rings is 1. The van der Waals surface area contributed by atoms with Crippen molar-refractivity contribution >= 4 is 11.6 Å². The second-order valence-electron chi connectivity index (χ2n) is 4.30. The number of rotatable bonds is 2. The van der Waals surface area contributed by atoms with Crippen LogP contribution < -0.4 is 0 Å². The molecule has 1 saturated heterocycles. The molecular weight excluding hydrogens is 220 g/mol. The normalized spacial score (nSPS) is 17.0. The fourth-order valence-corrected chi connectivity index (χ4v) is 2.44. The van der Waals surface area contributed by atoms with E-state index in [1.54, 1.807) is 6.07 Å². The minimum absolute atomic E-state index is 0.652. The van der Waals surface area contributed by atoms with Crippen LogP contribution in [-0.4, -0.2) is 18.0 Å². The van der Waals surface area contributed by atoms with Crippen LogP contribution in [0.3, 0.4) is 0 Å². The van der Waals surface area contributed by atoms with Crippen molar-refractivity contribution in [1.29, 1.82) is 5.26 Å². The first-order chi connectivity index (χ1) is 7.78. The van der Waals surface area contributed by atoms with Crippen LogP contribution in [-0.2, 0) is 6.54 Å². The average Bonchev–Trinajstić information content (AvgIpc) is 2.29. The van der Waals surface area contributed by atoms with Crippen molar-refractivity contribution in [3.05, 3.63) is 34.3 Å². The lowest BCUT2D eigenvalue weighted by atomic mass is 10.1. The van der Waals surface area contributed by atoms with Crippen molar-refractivity contribution in [3.63, 3.8) is 0 Å². The zero-order valence-electron chi connectivity index (χ0n) is 9.25. The molecule has 0 bridgehead atoms. The summed E-state index contributed by atoms with van der Waals surface area (Å²) in [6.07, 6.45) is 3.91. The molecule has 16 heavy (non-hydrogen) atoms. The van der Waals surface area contributed by atoms with Gasteiger partial charge in [0.15, 0.2) is 0 Å². The summed E-state index contributed by atoms with van der Waals surface area (Å²) in [7, 11) is 0. The van der Waals surface area contributed by atoms with Crippen LogP contribution in [0.2, 0.25) is 5.02 Å². The minimum Gasteiger partial charge on any atom is -0.299 e. The molecule has 0 spiro atoms. The van der Waals surface area contributed by atoms with E-state index < -0.39 is 0 Å². The Morgan fingerprint density at radius 3 is 2.62 bits per heavy atom. The van der Waals surface area contributed by atoms with Gasteiger partial charge in [0.05, 0.1) is 11.6 Å². The predicted octanol–water partition coefficient (Wildman–Crippen LogP) is 3.20. The molecule has 1 aliphatic heterocycles. The average molecular weight is 235 g/mol. The van der Waals surface area contributed by atoms with Crippen molar-refractivity contribution < 1.29 is 0 Å². The van der Waals surface area contributed by atoms with E-state index in [1.165, 1.54) is 19.3 Å². The molecule has 84 valence electrons. The summed E-state index contributed by atoms with van der Waals surface area (Å²) in [5, 5.41) is 9.53. The Labute approximate surface area is 101 Å². The number of benzene rings is 1. The van der Waals surface area contributed by atoms with Crippen molar-refractivity contribution in [2.45, 2.75) is 25.8 Å². The van der Waals surface area contributed by atoms with Crippen molar-refractivity contribution in [2.24, 2.45) is 0 Å². The molecule has 0 aromatic heterocycles.